The third kappa shape index (κ3) is 4.55. The SMILES string of the molecule is Cc1ccc(S(=O)(=O)Nc2nccnc2OCCc2cccs2)cc1. The van der Waals surface area contributed by atoms with Crippen molar-refractivity contribution in [1.29, 1.82) is 0 Å². The predicted octanol–water partition coefficient (Wildman–Crippen LogP) is 3.27. The molecule has 0 aliphatic heterocycles. The Morgan fingerprint density at radius 2 is 1.88 bits per heavy atom. The molecule has 0 fully saturated rings. The van der Waals surface area contributed by atoms with Gasteiger partial charge in [-0.3, -0.25) is 4.72 Å². The molecular formula is C17H17N3O3S2. The number of rotatable bonds is 7. The predicted molar refractivity (Wildman–Crippen MR) is 97.5 cm³/mol. The molecule has 6 nitrogen and oxygen atoms in total. The topological polar surface area (TPSA) is 81.2 Å². The smallest absolute Gasteiger partial charge is 0.263 e. The van der Waals surface area contributed by atoms with Gasteiger partial charge in [0.25, 0.3) is 15.9 Å². The van der Waals surface area contributed by atoms with Gasteiger partial charge in [-0.15, -0.1) is 11.3 Å². The van der Waals surface area contributed by atoms with E-state index in [1.165, 1.54) is 17.3 Å². The number of anilines is 1. The van der Waals surface area contributed by atoms with Crippen molar-refractivity contribution in [2.45, 2.75) is 18.2 Å². The molecule has 25 heavy (non-hydrogen) atoms. The van der Waals surface area contributed by atoms with Gasteiger partial charge in [0.05, 0.1) is 11.5 Å². The van der Waals surface area contributed by atoms with E-state index in [1.807, 2.05) is 24.4 Å². The lowest BCUT2D eigenvalue weighted by molar-refractivity contribution is 0.311. The standard InChI is InChI=1S/C17H17N3O3S2/c1-13-4-6-15(7-5-13)25(21,22)20-16-17(19-10-9-18-16)23-11-8-14-3-2-12-24-14/h2-7,9-10,12H,8,11H2,1H3,(H,18,20). The highest BCUT2D eigenvalue weighted by Gasteiger charge is 2.18. The molecule has 2 aromatic heterocycles. The first-order chi connectivity index (χ1) is 12.0. The molecule has 0 aliphatic carbocycles. The summed E-state index contributed by atoms with van der Waals surface area (Å²) < 4.78 is 33.0. The molecule has 0 bridgehead atoms. The van der Waals surface area contributed by atoms with Crippen molar-refractivity contribution in [2.75, 3.05) is 11.3 Å². The number of nitrogens with zero attached hydrogens (tertiary/aromatic N) is 2. The van der Waals surface area contributed by atoms with Gasteiger partial charge >= 0.3 is 0 Å². The molecular weight excluding hydrogens is 358 g/mol. The zero-order valence-corrected chi connectivity index (χ0v) is 15.2. The first-order valence-electron chi connectivity index (χ1n) is 7.60. The number of benzene rings is 1. The maximum atomic E-state index is 12.5. The molecule has 0 aliphatic rings. The second-order valence-electron chi connectivity index (χ2n) is 5.31. The quantitative estimate of drug-likeness (QED) is 0.685. The van der Waals surface area contributed by atoms with Gasteiger partial charge in [-0.1, -0.05) is 23.8 Å². The maximum Gasteiger partial charge on any atom is 0.263 e. The summed E-state index contributed by atoms with van der Waals surface area (Å²) in [7, 11) is -3.75. The Labute approximate surface area is 150 Å². The third-order valence-corrected chi connectivity index (χ3v) is 5.69. The minimum atomic E-state index is -3.75. The van der Waals surface area contributed by atoms with Gasteiger partial charge in [0, 0.05) is 23.7 Å². The van der Waals surface area contributed by atoms with Crippen molar-refractivity contribution in [3.8, 4) is 5.88 Å². The van der Waals surface area contributed by atoms with E-state index >= 15 is 0 Å². The maximum absolute atomic E-state index is 12.5. The van der Waals surface area contributed by atoms with Gasteiger partial charge in [0.15, 0.2) is 0 Å². The zero-order valence-electron chi connectivity index (χ0n) is 13.5. The Morgan fingerprint density at radius 1 is 1.12 bits per heavy atom. The van der Waals surface area contributed by atoms with Crippen LogP contribution in [0.15, 0.2) is 59.1 Å². The van der Waals surface area contributed by atoms with Crippen LogP contribution in [0, 0.1) is 6.92 Å². The monoisotopic (exact) mass is 375 g/mol. The van der Waals surface area contributed by atoms with Crippen molar-refractivity contribution in [3.63, 3.8) is 0 Å². The van der Waals surface area contributed by atoms with Gasteiger partial charge in [-0.05, 0) is 30.5 Å². The number of ether oxygens (including phenoxy) is 1. The van der Waals surface area contributed by atoms with Gasteiger partial charge in [0.2, 0.25) is 5.82 Å². The molecule has 3 rings (SSSR count). The summed E-state index contributed by atoms with van der Waals surface area (Å²) >= 11 is 1.64. The van der Waals surface area contributed by atoms with E-state index in [9.17, 15) is 8.42 Å². The first-order valence-corrected chi connectivity index (χ1v) is 9.96. The lowest BCUT2D eigenvalue weighted by Gasteiger charge is -2.11. The largest absolute Gasteiger partial charge is 0.475 e. The second-order valence-corrected chi connectivity index (χ2v) is 8.02. The Balaban J connectivity index is 1.72. The summed E-state index contributed by atoms with van der Waals surface area (Å²) in [6.07, 6.45) is 3.60. The van der Waals surface area contributed by atoms with Crippen LogP contribution in [0.2, 0.25) is 0 Å². The molecule has 0 saturated heterocycles. The van der Waals surface area contributed by atoms with Crippen LogP contribution in [0.3, 0.4) is 0 Å². The average molecular weight is 375 g/mol. The summed E-state index contributed by atoms with van der Waals surface area (Å²) in [5, 5.41) is 2.00. The highest BCUT2D eigenvalue weighted by atomic mass is 32.2. The molecule has 0 spiro atoms. The molecule has 8 heteroatoms. The van der Waals surface area contributed by atoms with E-state index in [4.69, 9.17) is 4.74 Å². The van der Waals surface area contributed by atoms with Crippen LogP contribution in [0.1, 0.15) is 10.4 Å². The van der Waals surface area contributed by atoms with E-state index in [-0.39, 0.29) is 16.6 Å². The van der Waals surface area contributed by atoms with Crippen molar-refractivity contribution in [2.24, 2.45) is 0 Å². The summed E-state index contributed by atoms with van der Waals surface area (Å²) in [5.41, 5.74) is 0.982. The van der Waals surface area contributed by atoms with Gasteiger partial charge in [-0.2, -0.15) is 0 Å². The molecule has 1 N–H and O–H groups in total. The summed E-state index contributed by atoms with van der Waals surface area (Å²) in [4.78, 5) is 9.47. The number of aryl methyl sites for hydroxylation is 1. The third-order valence-electron chi connectivity index (χ3n) is 3.39. The lowest BCUT2D eigenvalue weighted by Crippen LogP contribution is -2.15. The molecule has 0 saturated carbocycles. The van der Waals surface area contributed by atoms with E-state index < -0.39 is 10.0 Å². The normalized spacial score (nSPS) is 11.2. The molecule has 0 atom stereocenters. The average Bonchev–Trinajstić information content (AvgIpc) is 3.10. The second kappa shape index (κ2) is 7.62. The number of hydrogen-bond acceptors (Lipinski definition) is 6. The molecule has 0 radical (unpaired) electrons. The number of thiophene rings is 1. The molecule has 3 aromatic rings. The zero-order chi connectivity index (χ0) is 17.7. The fourth-order valence-corrected chi connectivity index (χ4v) is 3.80. The molecule has 2 heterocycles. The first kappa shape index (κ1) is 17.4. The van der Waals surface area contributed by atoms with Crippen LogP contribution in [-0.4, -0.2) is 25.0 Å². The van der Waals surface area contributed by atoms with Crippen LogP contribution in [0.25, 0.3) is 0 Å². The molecule has 130 valence electrons. The van der Waals surface area contributed by atoms with Gasteiger partial charge in [-0.25, -0.2) is 18.4 Å². The van der Waals surface area contributed by atoms with Crippen LogP contribution in [-0.2, 0) is 16.4 Å². The van der Waals surface area contributed by atoms with E-state index in [2.05, 4.69) is 14.7 Å². The van der Waals surface area contributed by atoms with Crippen LogP contribution in [0.5, 0.6) is 5.88 Å². The van der Waals surface area contributed by atoms with Crippen LogP contribution >= 0.6 is 11.3 Å². The number of hydrogen-bond donors (Lipinski definition) is 1. The summed E-state index contributed by atoms with van der Waals surface area (Å²) in [6.45, 7) is 2.28. The molecule has 1 aromatic carbocycles. The van der Waals surface area contributed by atoms with Crippen molar-refractivity contribution in [3.05, 3.63) is 64.6 Å². The van der Waals surface area contributed by atoms with Crippen LogP contribution < -0.4 is 9.46 Å². The van der Waals surface area contributed by atoms with Crippen molar-refractivity contribution in [1.82, 2.24) is 9.97 Å². The van der Waals surface area contributed by atoms with Gasteiger partial charge in [0.1, 0.15) is 0 Å². The Hall–Kier alpha value is -2.45. The summed E-state index contributed by atoms with van der Waals surface area (Å²) in [5.74, 6) is 0.240. The van der Waals surface area contributed by atoms with Gasteiger partial charge < -0.3 is 4.74 Å². The Bertz CT molecular complexity index is 924. The number of aromatic nitrogens is 2. The fourth-order valence-electron chi connectivity index (χ4n) is 2.11. The number of nitrogens with one attached hydrogen (secondary N) is 1. The van der Waals surface area contributed by atoms with Crippen molar-refractivity contribution >= 4 is 27.2 Å². The molecule has 0 amide bonds. The van der Waals surface area contributed by atoms with E-state index in [1.54, 1.807) is 35.6 Å². The minimum absolute atomic E-state index is 0.0780. The van der Waals surface area contributed by atoms with Crippen LogP contribution in [0.4, 0.5) is 5.82 Å². The number of sulfonamides is 1. The lowest BCUT2D eigenvalue weighted by atomic mass is 10.2. The van der Waals surface area contributed by atoms with Crippen molar-refractivity contribution < 1.29 is 13.2 Å². The Morgan fingerprint density at radius 3 is 2.60 bits per heavy atom. The van der Waals surface area contributed by atoms with E-state index in [0.29, 0.717) is 6.61 Å². The summed E-state index contributed by atoms with van der Waals surface area (Å²) in [6, 6.07) is 10.6. The Kier molecular flexibility index (Phi) is 5.30. The molecule has 0 unspecified atom stereocenters. The minimum Gasteiger partial charge on any atom is -0.475 e. The highest BCUT2D eigenvalue weighted by molar-refractivity contribution is 7.92. The van der Waals surface area contributed by atoms with E-state index in [0.717, 1.165) is 12.0 Å². The highest BCUT2D eigenvalue weighted by Crippen LogP contribution is 2.22. The fraction of sp³-hybridized carbons (Fsp3) is 0.176.